The molecule has 0 radical (unpaired) electrons. The summed E-state index contributed by atoms with van der Waals surface area (Å²) in [6.07, 6.45) is -10.2. The quantitative estimate of drug-likeness (QED) is 0.130. The molecular formula is C7H18K2O12SZn. The summed E-state index contributed by atoms with van der Waals surface area (Å²) in [5, 5.41) is 61.5. The molecule has 128 valence electrons. The van der Waals surface area contributed by atoms with Crippen LogP contribution in [-0.2, 0) is 34.7 Å². The van der Waals surface area contributed by atoms with Gasteiger partial charge in [0, 0.05) is 19.5 Å². The number of aliphatic hydroxyl groups excluding tert-OH is 6. The second kappa shape index (κ2) is 18.4. The first-order valence-corrected chi connectivity index (χ1v) is 6.16. The van der Waals surface area contributed by atoms with Crippen molar-refractivity contribution in [3.05, 3.63) is 0 Å². The zero-order valence-electron chi connectivity index (χ0n) is 10.5. The summed E-state index contributed by atoms with van der Waals surface area (Å²) < 4.78 is 31.6. The van der Waals surface area contributed by atoms with Crippen molar-refractivity contribution in [2.75, 3.05) is 6.61 Å². The Bertz CT molecular complexity index is 387. The van der Waals surface area contributed by atoms with Crippen LogP contribution in [0.1, 0.15) is 0 Å². The van der Waals surface area contributed by atoms with Crippen molar-refractivity contribution in [3.8, 4) is 0 Å². The van der Waals surface area contributed by atoms with Crippen LogP contribution in [0, 0.1) is 0 Å². The first-order valence-electron chi connectivity index (χ1n) is 4.76. The molecule has 0 aliphatic carbocycles. The standard InChI is InChI=1S/C7H14O8.2K.H2O4S.Zn.2H/c8-1-2(9)3(10)4(11)5(12)6(13)7(14)15;;;1-5(2,3)4;;;/h2-6,8-13H,1H2,(H,14,15);;;(H2,1,2,3,4);;;/t2?,3-,4-,5+,6-;;;;;;/m1....../s1. The van der Waals surface area contributed by atoms with Crippen LogP contribution in [0.2, 0.25) is 0 Å². The van der Waals surface area contributed by atoms with Gasteiger partial charge in [-0.15, -0.1) is 0 Å². The van der Waals surface area contributed by atoms with Crippen molar-refractivity contribution in [3.63, 3.8) is 0 Å². The first kappa shape index (κ1) is 36.8. The molecule has 0 aromatic rings. The Hall–Kier alpha value is 3.00. The van der Waals surface area contributed by atoms with Crippen LogP contribution in [0.15, 0.2) is 0 Å². The van der Waals surface area contributed by atoms with Crippen LogP contribution in [-0.4, -0.2) is 199 Å². The molecule has 9 N–H and O–H groups in total. The van der Waals surface area contributed by atoms with Crippen molar-refractivity contribution in [2.24, 2.45) is 0 Å². The number of hydrogen-bond acceptors (Lipinski definition) is 9. The number of aliphatic hydroxyl groups is 6. The Morgan fingerprint density at radius 3 is 1.39 bits per heavy atom. The minimum Gasteiger partial charge on any atom is 0 e. The van der Waals surface area contributed by atoms with Gasteiger partial charge < -0.3 is 35.7 Å². The monoisotopic (exact) mass is 468 g/mol. The third kappa shape index (κ3) is 21.2. The molecule has 0 saturated heterocycles. The van der Waals surface area contributed by atoms with E-state index in [-0.39, 0.29) is 122 Å². The summed E-state index contributed by atoms with van der Waals surface area (Å²) in [5.41, 5.74) is 0. The van der Waals surface area contributed by atoms with E-state index in [0.29, 0.717) is 0 Å². The van der Waals surface area contributed by atoms with Crippen LogP contribution in [0.5, 0.6) is 0 Å². The summed E-state index contributed by atoms with van der Waals surface area (Å²) in [4.78, 5) is 10.2. The average molecular weight is 470 g/mol. The van der Waals surface area contributed by atoms with E-state index in [1.54, 1.807) is 0 Å². The van der Waals surface area contributed by atoms with E-state index in [4.69, 9.17) is 53.3 Å². The van der Waals surface area contributed by atoms with Crippen LogP contribution in [0.25, 0.3) is 0 Å². The summed E-state index contributed by atoms with van der Waals surface area (Å²) in [5.74, 6) is -1.78. The second-order valence-corrected chi connectivity index (χ2v) is 4.35. The number of carboxylic acid groups (broad SMARTS) is 1. The number of carbonyl (C=O) groups is 1. The average Bonchev–Trinajstić information content (AvgIpc) is 2.31. The predicted molar refractivity (Wildman–Crippen MR) is 73.2 cm³/mol. The smallest absolute Gasteiger partial charge is 0 e. The van der Waals surface area contributed by atoms with E-state index < -0.39 is 53.5 Å². The zero-order chi connectivity index (χ0) is 16.7. The molecule has 0 fully saturated rings. The molecule has 12 nitrogen and oxygen atoms in total. The first-order chi connectivity index (χ1) is 8.82. The van der Waals surface area contributed by atoms with Gasteiger partial charge in [-0.25, -0.2) is 4.79 Å². The van der Waals surface area contributed by atoms with Crippen molar-refractivity contribution >= 4 is 119 Å². The van der Waals surface area contributed by atoms with Gasteiger partial charge in [-0.2, -0.15) is 8.42 Å². The maximum Gasteiger partial charge on any atom is 0 e. The van der Waals surface area contributed by atoms with Gasteiger partial charge in [0.1, 0.15) is 24.4 Å². The minimum atomic E-state index is -4.67. The van der Waals surface area contributed by atoms with Crippen LogP contribution < -0.4 is 0 Å². The van der Waals surface area contributed by atoms with Crippen molar-refractivity contribution in [2.45, 2.75) is 30.5 Å². The van der Waals surface area contributed by atoms with Crippen LogP contribution in [0.4, 0.5) is 0 Å². The Labute approximate surface area is 229 Å². The Balaban J connectivity index is -0.000000118. The van der Waals surface area contributed by atoms with Crippen LogP contribution in [0.3, 0.4) is 0 Å². The van der Waals surface area contributed by atoms with Crippen molar-refractivity contribution < 1.29 is 77.5 Å². The molecule has 16 heteroatoms. The Morgan fingerprint density at radius 1 is 0.870 bits per heavy atom. The normalized spacial score (nSPS) is 16.5. The van der Waals surface area contributed by atoms with Gasteiger partial charge in [-0.1, -0.05) is 0 Å². The fraction of sp³-hybridized carbons (Fsp3) is 0.857. The predicted octanol–water partition coefficient (Wildman–Crippen LogP) is -6.08. The molecule has 0 spiro atoms. The molecule has 0 aliphatic heterocycles. The number of carboxylic acids is 1. The second-order valence-electron chi connectivity index (χ2n) is 3.45. The number of hydrogen-bond donors (Lipinski definition) is 9. The summed E-state index contributed by atoms with van der Waals surface area (Å²) >= 11 is 0. The molecule has 0 bridgehead atoms. The van der Waals surface area contributed by atoms with Gasteiger partial charge in [0.15, 0.2) is 6.10 Å². The molecule has 23 heavy (non-hydrogen) atoms. The van der Waals surface area contributed by atoms with E-state index in [9.17, 15) is 4.79 Å². The van der Waals surface area contributed by atoms with E-state index >= 15 is 0 Å². The molecule has 0 aromatic carbocycles. The molecular weight excluding hydrogens is 452 g/mol. The van der Waals surface area contributed by atoms with Crippen molar-refractivity contribution in [1.29, 1.82) is 0 Å². The van der Waals surface area contributed by atoms with Gasteiger partial charge in [0.05, 0.1) is 6.61 Å². The van der Waals surface area contributed by atoms with Gasteiger partial charge in [-0.05, 0) is 0 Å². The molecule has 0 amide bonds. The van der Waals surface area contributed by atoms with Gasteiger partial charge in [0.2, 0.25) is 0 Å². The third-order valence-electron chi connectivity index (χ3n) is 1.86. The van der Waals surface area contributed by atoms with Gasteiger partial charge in [-0.3, -0.25) is 9.11 Å². The molecule has 0 heterocycles. The Kier molecular flexibility index (Phi) is 29.4. The summed E-state index contributed by atoms with van der Waals surface area (Å²) in [7, 11) is -4.67. The maximum absolute atomic E-state index is 10.2. The van der Waals surface area contributed by atoms with E-state index in [2.05, 4.69) is 0 Å². The van der Waals surface area contributed by atoms with Gasteiger partial charge >= 0.3 is 119 Å². The van der Waals surface area contributed by atoms with Crippen LogP contribution >= 0.6 is 0 Å². The molecule has 0 aliphatic rings. The SMILES string of the molecule is O=C(O)[C@H](O)[C@@H](O)[C@H](O)[C@H](O)C(O)CO.O=S(=O)(O)O.[KH].[KH].[Zn]. The molecule has 5 atom stereocenters. The van der Waals surface area contributed by atoms with E-state index in [0.717, 1.165) is 0 Å². The third-order valence-corrected chi connectivity index (χ3v) is 1.86. The maximum atomic E-state index is 10.2. The van der Waals surface area contributed by atoms with Gasteiger partial charge in [0.25, 0.3) is 0 Å². The number of aliphatic carboxylic acids is 1. The Morgan fingerprint density at radius 2 is 1.17 bits per heavy atom. The molecule has 0 aromatic heterocycles. The fourth-order valence-corrected chi connectivity index (χ4v) is 0.870. The molecule has 0 saturated carbocycles. The topological polar surface area (TPSA) is 233 Å². The zero-order valence-corrected chi connectivity index (χ0v) is 14.2. The largest absolute Gasteiger partial charge is 0 e. The minimum absolute atomic E-state index is 0. The number of rotatable bonds is 6. The van der Waals surface area contributed by atoms with E-state index in [1.165, 1.54) is 0 Å². The molecule has 1 unspecified atom stereocenters. The fourth-order valence-electron chi connectivity index (χ4n) is 0.870. The molecule has 0 rings (SSSR count). The summed E-state index contributed by atoms with van der Waals surface area (Å²) in [6.45, 7) is -0.881. The van der Waals surface area contributed by atoms with Crippen molar-refractivity contribution in [1.82, 2.24) is 0 Å². The van der Waals surface area contributed by atoms with E-state index in [1.807, 2.05) is 0 Å². The summed E-state index contributed by atoms with van der Waals surface area (Å²) in [6, 6.07) is 0.